The number of nitrogens with two attached hydrogens (primary N) is 1. The summed E-state index contributed by atoms with van der Waals surface area (Å²) in [5.41, 5.74) is 7.39. The summed E-state index contributed by atoms with van der Waals surface area (Å²) in [6, 6.07) is 7.51. The number of piperidine rings is 1. The lowest BCUT2D eigenvalue weighted by atomic mass is 9.84. The summed E-state index contributed by atoms with van der Waals surface area (Å²) in [5.74, 6) is -0.587. The second kappa shape index (κ2) is 8.23. The summed E-state index contributed by atoms with van der Waals surface area (Å²) in [7, 11) is 0. The normalized spacial score (nSPS) is 23.8. The maximum absolute atomic E-state index is 12.3. The number of primary amides is 1. The molecule has 1 aliphatic carbocycles. The predicted octanol–water partition coefficient (Wildman–Crippen LogP) is 2.84. The molecule has 0 radical (unpaired) electrons. The topological polar surface area (TPSA) is 87.5 Å². The van der Waals surface area contributed by atoms with Gasteiger partial charge in [0.15, 0.2) is 0 Å². The first-order valence-electron chi connectivity index (χ1n) is 9.35. The minimum Gasteiger partial charge on any atom is -0.371 e. The number of nitrogens with one attached hydrogen (secondary N) is 2. The Morgan fingerprint density at radius 3 is 2.56 bits per heavy atom. The number of carbonyl (C=O) groups is 2. The van der Waals surface area contributed by atoms with Gasteiger partial charge in [-0.05, 0) is 50.3 Å². The van der Waals surface area contributed by atoms with E-state index in [9.17, 15) is 9.59 Å². The Hall–Kier alpha value is -2.24. The van der Waals surface area contributed by atoms with Gasteiger partial charge < -0.3 is 21.3 Å². The fourth-order valence-corrected chi connectivity index (χ4v) is 3.91. The Morgan fingerprint density at radius 2 is 1.80 bits per heavy atom. The molecule has 0 aromatic heterocycles. The highest BCUT2D eigenvalue weighted by atomic mass is 16.2. The van der Waals surface area contributed by atoms with Gasteiger partial charge in [-0.1, -0.05) is 18.9 Å². The van der Waals surface area contributed by atoms with Gasteiger partial charge >= 0.3 is 6.03 Å². The molecule has 0 spiro atoms. The molecule has 0 unspecified atom stereocenters. The lowest BCUT2D eigenvalue weighted by Gasteiger charge is -2.30. The molecule has 6 nitrogen and oxygen atoms in total. The summed E-state index contributed by atoms with van der Waals surface area (Å²) in [4.78, 5) is 26.3. The van der Waals surface area contributed by atoms with Crippen molar-refractivity contribution in [2.75, 3.05) is 23.3 Å². The first-order valence-corrected chi connectivity index (χ1v) is 9.35. The molecule has 1 aliphatic heterocycles. The van der Waals surface area contributed by atoms with E-state index >= 15 is 0 Å². The van der Waals surface area contributed by atoms with Crippen LogP contribution in [0.25, 0.3) is 0 Å². The van der Waals surface area contributed by atoms with E-state index < -0.39 is 0 Å². The first kappa shape index (κ1) is 17.6. The van der Waals surface area contributed by atoms with Crippen LogP contribution in [0.3, 0.4) is 0 Å². The third kappa shape index (κ3) is 4.65. The molecule has 3 amide bonds. The molecule has 2 atom stereocenters. The minimum atomic E-state index is -0.322. The highest BCUT2D eigenvalue weighted by Gasteiger charge is 2.30. The largest absolute Gasteiger partial charge is 0.371 e. The highest BCUT2D eigenvalue weighted by Crippen LogP contribution is 2.25. The van der Waals surface area contributed by atoms with Crippen molar-refractivity contribution in [3.63, 3.8) is 0 Å². The number of urea groups is 1. The molecule has 1 aromatic carbocycles. The molecule has 1 aromatic rings. The molecule has 2 fully saturated rings. The van der Waals surface area contributed by atoms with Crippen molar-refractivity contribution in [3.05, 3.63) is 24.3 Å². The van der Waals surface area contributed by atoms with Gasteiger partial charge in [-0.15, -0.1) is 0 Å². The molecule has 25 heavy (non-hydrogen) atoms. The molecule has 1 saturated carbocycles. The lowest BCUT2D eigenvalue weighted by molar-refractivity contribution is -0.123. The summed E-state index contributed by atoms with van der Waals surface area (Å²) in [5, 5.41) is 5.83. The third-order valence-corrected chi connectivity index (χ3v) is 5.27. The van der Waals surface area contributed by atoms with Crippen LogP contribution in [0.15, 0.2) is 24.3 Å². The van der Waals surface area contributed by atoms with Gasteiger partial charge in [0.25, 0.3) is 0 Å². The number of benzene rings is 1. The summed E-state index contributed by atoms with van der Waals surface area (Å²) < 4.78 is 0. The molecule has 2 aliphatic rings. The second-order valence-electron chi connectivity index (χ2n) is 7.10. The summed E-state index contributed by atoms with van der Waals surface area (Å²) in [6.07, 6.45) is 7.28. The zero-order chi connectivity index (χ0) is 17.6. The van der Waals surface area contributed by atoms with E-state index in [2.05, 4.69) is 21.6 Å². The molecule has 136 valence electrons. The fraction of sp³-hybridized carbons (Fsp3) is 0.579. The molecule has 6 heteroatoms. The van der Waals surface area contributed by atoms with Crippen LogP contribution in [-0.2, 0) is 4.79 Å². The van der Waals surface area contributed by atoms with Gasteiger partial charge in [0.05, 0.1) is 5.92 Å². The predicted molar refractivity (Wildman–Crippen MR) is 99.6 cm³/mol. The van der Waals surface area contributed by atoms with E-state index in [1.807, 2.05) is 18.2 Å². The third-order valence-electron chi connectivity index (χ3n) is 5.27. The smallest absolute Gasteiger partial charge is 0.319 e. The SMILES string of the molecule is NC(=O)[C@H]1CCCC[C@H]1NC(=O)Nc1cccc(N2CCCCC2)c1. The standard InChI is InChI=1S/C19H28N4O2/c20-18(24)16-9-2-3-10-17(16)22-19(25)21-14-7-6-8-15(13-14)23-11-4-1-5-12-23/h6-8,13,16-17H,1-5,9-12H2,(H2,20,24)(H2,21,22,25)/t16-,17+/m0/s1. The van der Waals surface area contributed by atoms with Crippen molar-refractivity contribution >= 4 is 23.3 Å². The van der Waals surface area contributed by atoms with E-state index in [1.165, 1.54) is 19.3 Å². The Kier molecular flexibility index (Phi) is 5.79. The van der Waals surface area contributed by atoms with E-state index in [0.29, 0.717) is 0 Å². The van der Waals surface area contributed by atoms with Crippen molar-refractivity contribution in [1.82, 2.24) is 5.32 Å². The van der Waals surface area contributed by atoms with E-state index in [4.69, 9.17) is 5.73 Å². The van der Waals surface area contributed by atoms with Crippen LogP contribution >= 0.6 is 0 Å². The number of nitrogens with zero attached hydrogens (tertiary/aromatic N) is 1. The van der Waals surface area contributed by atoms with Crippen molar-refractivity contribution in [2.24, 2.45) is 11.7 Å². The molecule has 4 N–H and O–H groups in total. The molecular weight excluding hydrogens is 316 g/mol. The van der Waals surface area contributed by atoms with Crippen molar-refractivity contribution in [3.8, 4) is 0 Å². The molecule has 3 rings (SSSR count). The molecule has 1 saturated heterocycles. The Balaban J connectivity index is 1.59. The Labute approximate surface area is 149 Å². The average Bonchev–Trinajstić information content (AvgIpc) is 2.63. The van der Waals surface area contributed by atoms with Gasteiger partial charge in [0.1, 0.15) is 0 Å². The number of carbonyl (C=O) groups excluding carboxylic acids is 2. The van der Waals surface area contributed by atoms with Crippen molar-refractivity contribution < 1.29 is 9.59 Å². The van der Waals surface area contributed by atoms with Crippen LogP contribution in [0.5, 0.6) is 0 Å². The maximum atomic E-state index is 12.3. The second-order valence-corrected chi connectivity index (χ2v) is 7.10. The Bertz CT molecular complexity index is 613. The molecule has 0 bridgehead atoms. The fourth-order valence-electron chi connectivity index (χ4n) is 3.91. The zero-order valence-corrected chi connectivity index (χ0v) is 14.7. The summed E-state index contributed by atoms with van der Waals surface area (Å²) in [6.45, 7) is 2.13. The van der Waals surface area contributed by atoms with E-state index in [0.717, 1.165) is 50.1 Å². The van der Waals surface area contributed by atoms with E-state index in [-0.39, 0.29) is 23.9 Å². The molecular formula is C19H28N4O2. The van der Waals surface area contributed by atoms with Crippen molar-refractivity contribution in [1.29, 1.82) is 0 Å². The van der Waals surface area contributed by atoms with Crippen LogP contribution in [0.4, 0.5) is 16.2 Å². The van der Waals surface area contributed by atoms with Gasteiger partial charge in [0, 0.05) is 30.5 Å². The quantitative estimate of drug-likeness (QED) is 0.785. The van der Waals surface area contributed by atoms with Crippen LogP contribution in [-0.4, -0.2) is 31.1 Å². The van der Waals surface area contributed by atoms with Gasteiger partial charge in [-0.3, -0.25) is 4.79 Å². The number of amides is 3. The molecule has 1 heterocycles. The average molecular weight is 344 g/mol. The highest BCUT2D eigenvalue weighted by molar-refractivity contribution is 5.90. The number of hydrogen-bond donors (Lipinski definition) is 3. The number of hydrogen-bond acceptors (Lipinski definition) is 3. The first-order chi connectivity index (χ1) is 12.1. The minimum absolute atomic E-state index is 0.170. The van der Waals surface area contributed by atoms with Gasteiger partial charge in [0.2, 0.25) is 5.91 Å². The summed E-state index contributed by atoms with van der Waals surface area (Å²) >= 11 is 0. The van der Waals surface area contributed by atoms with E-state index in [1.54, 1.807) is 0 Å². The van der Waals surface area contributed by atoms with Crippen LogP contribution in [0.2, 0.25) is 0 Å². The van der Waals surface area contributed by atoms with Gasteiger partial charge in [-0.2, -0.15) is 0 Å². The van der Waals surface area contributed by atoms with Gasteiger partial charge in [-0.25, -0.2) is 4.79 Å². The monoisotopic (exact) mass is 344 g/mol. The van der Waals surface area contributed by atoms with Crippen molar-refractivity contribution in [2.45, 2.75) is 51.0 Å². The number of rotatable bonds is 4. The Morgan fingerprint density at radius 1 is 1.04 bits per heavy atom. The zero-order valence-electron chi connectivity index (χ0n) is 14.7. The van der Waals surface area contributed by atoms with Crippen LogP contribution in [0, 0.1) is 5.92 Å². The lowest BCUT2D eigenvalue weighted by Crippen LogP contribution is -2.48. The maximum Gasteiger partial charge on any atom is 0.319 e. The van der Waals surface area contributed by atoms with Crippen LogP contribution in [0.1, 0.15) is 44.9 Å². The van der Waals surface area contributed by atoms with Crippen LogP contribution < -0.4 is 21.3 Å². The number of anilines is 2.